The zero-order valence-corrected chi connectivity index (χ0v) is 18.6. The van der Waals surface area contributed by atoms with E-state index in [9.17, 15) is 19.2 Å². The first-order chi connectivity index (χ1) is 15.8. The predicted molar refractivity (Wildman–Crippen MR) is 124 cm³/mol. The molecule has 1 N–H and O–H groups in total. The van der Waals surface area contributed by atoms with Crippen molar-refractivity contribution in [3.63, 3.8) is 0 Å². The minimum absolute atomic E-state index is 0.0513. The van der Waals surface area contributed by atoms with E-state index in [1.54, 1.807) is 24.3 Å². The fourth-order valence-corrected chi connectivity index (χ4v) is 3.71. The van der Waals surface area contributed by atoms with Crippen LogP contribution in [0.3, 0.4) is 0 Å². The zero-order chi connectivity index (χ0) is 23.7. The lowest BCUT2D eigenvalue weighted by Crippen LogP contribution is -2.29. The first-order valence-corrected chi connectivity index (χ1v) is 10.5. The molecule has 3 amide bonds. The summed E-state index contributed by atoms with van der Waals surface area (Å²) in [6.45, 7) is 3.26. The number of anilines is 2. The van der Waals surface area contributed by atoms with Crippen molar-refractivity contribution in [2.75, 3.05) is 16.8 Å². The molecule has 7 nitrogen and oxygen atoms in total. The number of benzene rings is 3. The van der Waals surface area contributed by atoms with Crippen LogP contribution < -0.4 is 10.2 Å². The molecule has 3 aromatic carbocycles. The van der Waals surface area contributed by atoms with Gasteiger partial charge in [-0.15, -0.1) is 0 Å². The Hall–Kier alpha value is -3.97. The average molecular weight is 463 g/mol. The number of carbonyl (C=O) groups excluding carboxylic acids is 4. The number of nitrogens with one attached hydrogen (secondary N) is 1. The summed E-state index contributed by atoms with van der Waals surface area (Å²) in [4.78, 5) is 51.3. The van der Waals surface area contributed by atoms with Crippen LogP contribution in [0.4, 0.5) is 11.4 Å². The normalized spacial score (nSPS) is 12.5. The van der Waals surface area contributed by atoms with Crippen molar-refractivity contribution in [3.05, 3.63) is 93.5 Å². The van der Waals surface area contributed by atoms with E-state index >= 15 is 0 Å². The minimum Gasteiger partial charge on any atom is -0.452 e. The van der Waals surface area contributed by atoms with E-state index in [1.165, 1.54) is 18.2 Å². The third-order valence-corrected chi connectivity index (χ3v) is 5.54. The molecule has 1 aliphatic rings. The summed E-state index contributed by atoms with van der Waals surface area (Å²) in [5.74, 6) is -2.40. The number of nitrogens with zero attached hydrogens (tertiary/aromatic N) is 1. The molecule has 8 heteroatoms. The second-order valence-corrected chi connectivity index (χ2v) is 8.01. The second-order valence-electron chi connectivity index (χ2n) is 7.60. The topological polar surface area (TPSA) is 92.8 Å². The lowest BCUT2D eigenvalue weighted by atomic mass is 10.1. The Kier molecular flexibility index (Phi) is 5.98. The molecular formula is C25H19ClN2O5. The van der Waals surface area contributed by atoms with Crippen LogP contribution in [0, 0.1) is 13.8 Å². The smallest absolute Gasteiger partial charge is 0.338 e. The fourth-order valence-electron chi connectivity index (χ4n) is 3.49. The van der Waals surface area contributed by atoms with Gasteiger partial charge in [0.2, 0.25) is 0 Å². The summed E-state index contributed by atoms with van der Waals surface area (Å²) in [5, 5.41) is 2.96. The SMILES string of the molecule is Cc1ccc(C)c(NC(=O)COC(=O)c2ccc3c(c2)C(=O)N(c2ccccc2Cl)C3=O)c1. The Morgan fingerprint density at radius 3 is 2.42 bits per heavy atom. The predicted octanol–water partition coefficient (Wildman–Crippen LogP) is 4.55. The number of fused-ring (bicyclic) bond motifs is 1. The third-order valence-electron chi connectivity index (χ3n) is 5.22. The molecule has 0 saturated carbocycles. The van der Waals surface area contributed by atoms with E-state index < -0.39 is 30.3 Å². The quantitative estimate of drug-likeness (QED) is 0.443. The van der Waals surface area contributed by atoms with Gasteiger partial charge >= 0.3 is 5.97 Å². The van der Waals surface area contributed by atoms with E-state index in [0.717, 1.165) is 16.0 Å². The van der Waals surface area contributed by atoms with Gasteiger partial charge in [-0.1, -0.05) is 35.9 Å². The number of amides is 3. The molecule has 0 fully saturated rings. The van der Waals surface area contributed by atoms with Crippen molar-refractivity contribution in [2.45, 2.75) is 13.8 Å². The molecule has 0 atom stereocenters. The van der Waals surface area contributed by atoms with Gasteiger partial charge in [-0.05, 0) is 61.4 Å². The van der Waals surface area contributed by atoms with Gasteiger partial charge in [0.1, 0.15) is 0 Å². The number of aryl methyl sites for hydroxylation is 2. The van der Waals surface area contributed by atoms with E-state index in [-0.39, 0.29) is 27.4 Å². The molecule has 3 aromatic rings. The van der Waals surface area contributed by atoms with Crippen LogP contribution in [0.5, 0.6) is 0 Å². The number of carbonyl (C=O) groups is 4. The van der Waals surface area contributed by atoms with Gasteiger partial charge in [-0.2, -0.15) is 0 Å². The molecule has 0 aliphatic carbocycles. The summed E-state index contributed by atoms with van der Waals surface area (Å²) in [5.41, 5.74) is 3.03. The highest BCUT2D eigenvalue weighted by Gasteiger charge is 2.38. The number of ether oxygens (including phenoxy) is 1. The number of esters is 1. The largest absolute Gasteiger partial charge is 0.452 e. The lowest BCUT2D eigenvalue weighted by Gasteiger charge is -2.15. The summed E-state index contributed by atoms with van der Waals surface area (Å²) in [6, 6.07) is 16.2. The van der Waals surface area contributed by atoms with Gasteiger partial charge < -0.3 is 10.1 Å². The van der Waals surface area contributed by atoms with Crippen molar-refractivity contribution in [1.82, 2.24) is 0 Å². The maximum atomic E-state index is 12.9. The van der Waals surface area contributed by atoms with Gasteiger partial charge in [0.05, 0.1) is 27.4 Å². The van der Waals surface area contributed by atoms with Crippen LogP contribution in [0.2, 0.25) is 5.02 Å². The van der Waals surface area contributed by atoms with Crippen molar-refractivity contribution in [2.24, 2.45) is 0 Å². The van der Waals surface area contributed by atoms with Crippen molar-refractivity contribution >= 4 is 46.7 Å². The molecule has 4 rings (SSSR count). The summed E-state index contributed by atoms with van der Waals surface area (Å²) in [6.07, 6.45) is 0. The number of hydrogen-bond donors (Lipinski definition) is 1. The van der Waals surface area contributed by atoms with Crippen LogP contribution in [0.15, 0.2) is 60.7 Å². The lowest BCUT2D eigenvalue weighted by molar-refractivity contribution is -0.119. The molecule has 0 aromatic heterocycles. The summed E-state index contributed by atoms with van der Waals surface area (Å²) in [7, 11) is 0. The molecular weight excluding hydrogens is 444 g/mol. The average Bonchev–Trinajstić information content (AvgIpc) is 3.04. The first-order valence-electron chi connectivity index (χ1n) is 10.1. The van der Waals surface area contributed by atoms with Crippen molar-refractivity contribution < 1.29 is 23.9 Å². The second kappa shape index (κ2) is 8.88. The number of para-hydroxylation sites is 1. The number of rotatable bonds is 5. The molecule has 0 radical (unpaired) electrons. The summed E-state index contributed by atoms with van der Waals surface area (Å²) >= 11 is 6.15. The highest BCUT2D eigenvalue weighted by atomic mass is 35.5. The van der Waals surface area contributed by atoms with Crippen molar-refractivity contribution in [1.29, 1.82) is 0 Å². The van der Waals surface area contributed by atoms with Gasteiger partial charge in [-0.25, -0.2) is 9.69 Å². The van der Waals surface area contributed by atoms with E-state index in [0.29, 0.717) is 5.69 Å². The first kappa shape index (κ1) is 22.2. The molecule has 0 unspecified atom stereocenters. The van der Waals surface area contributed by atoms with E-state index in [4.69, 9.17) is 16.3 Å². The highest BCUT2D eigenvalue weighted by Crippen LogP contribution is 2.33. The van der Waals surface area contributed by atoms with Crippen LogP contribution in [-0.2, 0) is 9.53 Å². The molecule has 166 valence electrons. The minimum atomic E-state index is -0.787. The number of hydrogen-bond acceptors (Lipinski definition) is 5. The molecule has 0 spiro atoms. The van der Waals surface area contributed by atoms with Gasteiger partial charge in [0.25, 0.3) is 17.7 Å². The van der Waals surface area contributed by atoms with E-state index in [2.05, 4.69) is 5.32 Å². The van der Waals surface area contributed by atoms with Crippen molar-refractivity contribution in [3.8, 4) is 0 Å². The molecule has 33 heavy (non-hydrogen) atoms. The summed E-state index contributed by atoms with van der Waals surface area (Å²) < 4.78 is 5.10. The fraction of sp³-hybridized carbons (Fsp3) is 0.120. The zero-order valence-electron chi connectivity index (χ0n) is 17.8. The Bertz CT molecular complexity index is 1320. The standard InChI is InChI=1S/C25H19ClN2O5/c1-14-7-8-15(2)20(11-14)27-22(29)13-33-25(32)16-9-10-17-18(12-16)24(31)28(23(17)30)21-6-4-3-5-19(21)26/h3-12H,13H2,1-2H3,(H,27,29). The van der Waals surface area contributed by atoms with E-state index in [1.807, 2.05) is 32.0 Å². The Balaban J connectivity index is 1.46. The maximum Gasteiger partial charge on any atom is 0.338 e. The molecule has 0 saturated heterocycles. The maximum absolute atomic E-state index is 12.9. The Labute approximate surface area is 194 Å². The third kappa shape index (κ3) is 4.36. The Morgan fingerprint density at radius 2 is 1.67 bits per heavy atom. The molecule has 0 bridgehead atoms. The highest BCUT2D eigenvalue weighted by molar-refractivity contribution is 6.39. The van der Waals surface area contributed by atoms with Gasteiger partial charge in [0.15, 0.2) is 6.61 Å². The molecule has 1 heterocycles. The van der Waals surface area contributed by atoms with Crippen LogP contribution >= 0.6 is 11.6 Å². The van der Waals surface area contributed by atoms with Gasteiger partial charge in [0, 0.05) is 5.69 Å². The monoisotopic (exact) mass is 462 g/mol. The number of halogens is 1. The Morgan fingerprint density at radius 1 is 0.939 bits per heavy atom. The number of imide groups is 1. The van der Waals surface area contributed by atoms with Crippen LogP contribution in [-0.4, -0.2) is 30.3 Å². The van der Waals surface area contributed by atoms with Crippen LogP contribution in [0.1, 0.15) is 42.2 Å². The van der Waals surface area contributed by atoms with Gasteiger partial charge in [-0.3, -0.25) is 14.4 Å². The van der Waals surface area contributed by atoms with Crippen LogP contribution in [0.25, 0.3) is 0 Å². The molecule has 1 aliphatic heterocycles.